The number of nitriles is 1. The predicted molar refractivity (Wildman–Crippen MR) is 76.6 cm³/mol. The van der Waals surface area contributed by atoms with Crippen molar-refractivity contribution in [2.24, 2.45) is 0 Å². The highest BCUT2D eigenvalue weighted by Crippen LogP contribution is 2.22. The number of aryl methyl sites for hydroxylation is 1. The number of carbonyl (C=O) groups excluding carboxylic acids is 1. The van der Waals surface area contributed by atoms with E-state index in [0.717, 1.165) is 36.9 Å². The Labute approximate surface area is 118 Å². The Balaban J connectivity index is 1.83. The highest BCUT2D eigenvalue weighted by atomic mass is 16.1. The van der Waals surface area contributed by atoms with Crippen LogP contribution in [-0.4, -0.2) is 10.4 Å². The highest BCUT2D eigenvalue weighted by Gasteiger charge is 2.17. The molecule has 0 radical (unpaired) electrons. The van der Waals surface area contributed by atoms with Gasteiger partial charge >= 0.3 is 0 Å². The third kappa shape index (κ3) is 2.50. The number of aromatic nitrogens is 1. The Morgan fingerprint density at radius 2 is 1.85 bits per heavy atom. The number of Topliss-reactive ketones (excluding diaryl/α,β-unsaturated/α-hetero) is 1. The lowest BCUT2D eigenvalue weighted by Crippen LogP contribution is -1.99. The van der Waals surface area contributed by atoms with Gasteiger partial charge in [0.2, 0.25) is 0 Å². The summed E-state index contributed by atoms with van der Waals surface area (Å²) in [5.41, 5.74) is 3.89. The van der Waals surface area contributed by atoms with Crippen LogP contribution in [0.4, 0.5) is 0 Å². The zero-order valence-electron chi connectivity index (χ0n) is 11.3. The lowest BCUT2D eigenvalue weighted by atomic mass is 10.1. The summed E-state index contributed by atoms with van der Waals surface area (Å²) < 4.78 is 2.08. The zero-order chi connectivity index (χ0) is 13.9. The molecule has 0 fully saturated rings. The predicted octanol–water partition coefficient (Wildman–Crippen LogP) is 3.32. The van der Waals surface area contributed by atoms with E-state index in [1.165, 1.54) is 5.56 Å². The number of carbonyl (C=O) groups is 1. The third-order valence-corrected chi connectivity index (χ3v) is 3.81. The summed E-state index contributed by atoms with van der Waals surface area (Å²) in [5, 5.41) is 8.79. The first-order valence-corrected chi connectivity index (χ1v) is 6.97. The van der Waals surface area contributed by atoms with Crippen molar-refractivity contribution in [2.45, 2.75) is 32.2 Å². The maximum Gasteiger partial charge on any atom is 0.164 e. The van der Waals surface area contributed by atoms with E-state index in [9.17, 15) is 4.79 Å². The molecule has 0 saturated carbocycles. The van der Waals surface area contributed by atoms with Gasteiger partial charge < -0.3 is 4.57 Å². The Bertz CT molecular complexity index is 674. The number of nitrogens with zero attached hydrogens (tertiary/aromatic N) is 2. The summed E-state index contributed by atoms with van der Waals surface area (Å²) in [7, 11) is 0. The number of hydrogen-bond acceptors (Lipinski definition) is 2. The Morgan fingerprint density at radius 1 is 1.10 bits per heavy atom. The van der Waals surface area contributed by atoms with Crippen LogP contribution in [0, 0.1) is 11.3 Å². The van der Waals surface area contributed by atoms with Gasteiger partial charge in [-0.25, -0.2) is 0 Å². The average molecular weight is 264 g/mol. The van der Waals surface area contributed by atoms with Crippen LogP contribution < -0.4 is 0 Å². The van der Waals surface area contributed by atoms with Crippen LogP contribution in [0.2, 0.25) is 0 Å². The molecule has 1 aromatic carbocycles. The van der Waals surface area contributed by atoms with Gasteiger partial charge in [0.25, 0.3) is 0 Å². The average Bonchev–Trinajstić information content (AvgIpc) is 2.79. The molecule has 0 unspecified atom stereocenters. The van der Waals surface area contributed by atoms with Crippen molar-refractivity contribution in [3.63, 3.8) is 0 Å². The van der Waals surface area contributed by atoms with Crippen molar-refractivity contribution in [3.05, 3.63) is 58.9 Å². The third-order valence-electron chi connectivity index (χ3n) is 3.81. The van der Waals surface area contributed by atoms with Gasteiger partial charge in [0, 0.05) is 30.9 Å². The van der Waals surface area contributed by atoms with E-state index in [-0.39, 0.29) is 5.78 Å². The summed E-state index contributed by atoms with van der Waals surface area (Å²) >= 11 is 0. The highest BCUT2D eigenvalue weighted by molar-refractivity contribution is 5.97. The minimum absolute atomic E-state index is 0.274. The van der Waals surface area contributed by atoms with E-state index < -0.39 is 0 Å². The standard InChI is InChI=1S/C17H16N2O/c18-9-13-5-7-14(8-6-13)10-19-11-15-3-1-2-4-17(20)16(15)12-19/h5-8,11-12H,1-4,10H2. The summed E-state index contributed by atoms with van der Waals surface area (Å²) in [5.74, 6) is 0.274. The molecule has 0 N–H and O–H groups in total. The van der Waals surface area contributed by atoms with Crippen LogP contribution >= 0.6 is 0 Å². The van der Waals surface area contributed by atoms with Gasteiger partial charge in [-0.3, -0.25) is 4.79 Å². The summed E-state index contributed by atoms with van der Waals surface area (Å²) in [6, 6.07) is 9.70. The molecule has 0 aliphatic heterocycles. The number of rotatable bonds is 2. The molecule has 3 heteroatoms. The molecule has 0 bridgehead atoms. The fraction of sp³-hybridized carbons (Fsp3) is 0.294. The Morgan fingerprint density at radius 3 is 2.60 bits per heavy atom. The van der Waals surface area contributed by atoms with Crippen molar-refractivity contribution in [2.75, 3.05) is 0 Å². The quantitative estimate of drug-likeness (QED) is 0.781. The van der Waals surface area contributed by atoms with E-state index in [4.69, 9.17) is 5.26 Å². The minimum atomic E-state index is 0.274. The van der Waals surface area contributed by atoms with Crippen LogP contribution in [0.1, 0.15) is 46.3 Å². The molecule has 3 rings (SSSR count). The molecule has 1 aliphatic carbocycles. The van der Waals surface area contributed by atoms with Crippen LogP contribution in [0.3, 0.4) is 0 Å². The van der Waals surface area contributed by atoms with Crippen molar-refractivity contribution in [1.82, 2.24) is 4.57 Å². The van der Waals surface area contributed by atoms with Gasteiger partial charge in [0.05, 0.1) is 11.6 Å². The smallest absolute Gasteiger partial charge is 0.164 e. The molecule has 100 valence electrons. The van der Waals surface area contributed by atoms with Crippen molar-refractivity contribution < 1.29 is 4.79 Å². The number of ketones is 1. The Hall–Kier alpha value is -2.34. The largest absolute Gasteiger partial charge is 0.349 e. The minimum Gasteiger partial charge on any atom is -0.349 e. The van der Waals surface area contributed by atoms with Gasteiger partial charge in [-0.15, -0.1) is 0 Å². The second-order valence-corrected chi connectivity index (χ2v) is 5.31. The van der Waals surface area contributed by atoms with Crippen LogP contribution in [0.5, 0.6) is 0 Å². The maximum atomic E-state index is 12.0. The van der Waals surface area contributed by atoms with Crippen molar-refractivity contribution in [1.29, 1.82) is 5.26 Å². The number of hydrogen-bond donors (Lipinski definition) is 0. The number of benzene rings is 1. The van der Waals surface area contributed by atoms with E-state index in [1.807, 2.05) is 30.5 Å². The molecule has 1 aliphatic rings. The molecular formula is C17H16N2O. The molecular weight excluding hydrogens is 248 g/mol. The second-order valence-electron chi connectivity index (χ2n) is 5.31. The molecule has 1 aromatic heterocycles. The van der Waals surface area contributed by atoms with E-state index in [2.05, 4.69) is 16.8 Å². The van der Waals surface area contributed by atoms with E-state index in [0.29, 0.717) is 12.0 Å². The summed E-state index contributed by atoms with van der Waals surface area (Å²) in [6.07, 6.45) is 7.84. The maximum absolute atomic E-state index is 12.0. The fourth-order valence-electron chi connectivity index (χ4n) is 2.73. The first-order chi connectivity index (χ1) is 9.76. The van der Waals surface area contributed by atoms with Gasteiger partial charge in [-0.1, -0.05) is 12.1 Å². The SMILES string of the molecule is N#Cc1ccc(Cn2cc3c(c2)C(=O)CCCC3)cc1. The van der Waals surface area contributed by atoms with Gasteiger partial charge in [-0.2, -0.15) is 5.26 Å². The van der Waals surface area contributed by atoms with E-state index in [1.54, 1.807) is 0 Å². The normalized spacial score (nSPS) is 14.4. The zero-order valence-corrected chi connectivity index (χ0v) is 11.3. The van der Waals surface area contributed by atoms with Crippen LogP contribution in [-0.2, 0) is 13.0 Å². The molecule has 0 atom stereocenters. The first kappa shape index (κ1) is 12.7. The molecule has 0 spiro atoms. The Kier molecular flexibility index (Phi) is 3.39. The topological polar surface area (TPSA) is 45.8 Å². The molecule has 0 saturated heterocycles. The van der Waals surface area contributed by atoms with Crippen molar-refractivity contribution >= 4 is 5.78 Å². The molecule has 1 heterocycles. The molecule has 2 aromatic rings. The molecule has 0 amide bonds. The van der Waals surface area contributed by atoms with Gasteiger partial charge in [0.1, 0.15) is 0 Å². The monoisotopic (exact) mass is 264 g/mol. The summed E-state index contributed by atoms with van der Waals surface area (Å²) in [4.78, 5) is 12.0. The van der Waals surface area contributed by atoms with Crippen LogP contribution in [0.25, 0.3) is 0 Å². The molecule has 3 nitrogen and oxygen atoms in total. The second kappa shape index (κ2) is 5.34. The van der Waals surface area contributed by atoms with Crippen molar-refractivity contribution in [3.8, 4) is 6.07 Å². The fourth-order valence-corrected chi connectivity index (χ4v) is 2.73. The summed E-state index contributed by atoms with van der Waals surface area (Å²) in [6.45, 7) is 0.742. The van der Waals surface area contributed by atoms with E-state index >= 15 is 0 Å². The van der Waals surface area contributed by atoms with Gasteiger partial charge in [0.15, 0.2) is 5.78 Å². The number of fused-ring (bicyclic) bond motifs is 1. The lowest BCUT2D eigenvalue weighted by Gasteiger charge is -2.03. The van der Waals surface area contributed by atoms with Crippen LogP contribution in [0.15, 0.2) is 36.7 Å². The van der Waals surface area contributed by atoms with Gasteiger partial charge in [-0.05, 0) is 42.5 Å². The molecule has 20 heavy (non-hydrogen) atoms. The lowest BCUT2D eigenvalue weighted by molar-refractivity contribution is 0.0982. The first-order valence-electron chi connectivity index (χ1n) is 6.97.